The highest BCUT2D eigenvalue weighted by Gasteiger charge is 2.18. The van der Waals surface area contributed by atoms with Gasteiger partial charge in [0.05, 0.1) is 18.1 Å². The molecule has 0 aromatic rings. The monoisotopic (exact) mass is 216 g/mol. The Morgan fingerprint density at radius 1 is 1.27 bits per heavy atom. The molecule has 0 radical (unpaired) electrons. The topological polar surface area (TPSA) is 35.5 Å². The first-order valence-electron chi connectivity index (χ1n) is 5.60. The molecule has 0 aliphatic rings. The lowest BCUT2D eigenvalue weighted by molar-refractivity contribution is -0.158. The van der Waals surface area contributed by atoms with Crippen molar-refractivity contribution in [1.82, 2.24) is 0 Å². The van der Waals surface area contributed by atoms with Crippen LogP contribution in [0.15, 0.2) is 0 Å². The summed E-state index contributed by atoms with van der Waals surface area (Å²) in [7, 11) is 0. The highest BCUT2D eigenvalue weighted by Crippen LogP contribution is 2.10. The van der Waals surface area contributed by atoms with Crippen molar-refractivity contribution in [2.24, 2.45) is 5.92 Å². The van der Waals surface area contributed by atoms with E-state index in [0.717, 1.165) is 6.42 Å². The van der Waals surface area contributed by atoms with Crippen molar-refractivity contribution in [3.63, 3.8) is 0 Å². The Balaban J connectivity index is 3.84. The molecular formula is C12H24O3. The number of rotatable bonds is 5. The zero-order valence-electron chi connectivity index (χ0n) is 10.8. The maximum atomic E-state index is 11.4. The molecule has 0 aliphatic heterocycles. The van der Waals surface area contributed by atoms with Crippen LogP contribution in [0.2, 0.25) is 0 Å². The standard InChI is InChI=1S/C12H24O3/c1-7-9(2)11(13)15-10(3)8-14-12(4,5)6/h9-10H,7-8H2,1-6H3. The van der Waals surface area contributed by atoms with Crippen LogP contribution in [0.1, 0.15) is 48.0 Å². The second-order valence-corrected chi connectivity index (χ2v) is 4.98. The highest BCUT2D eigenvalue weighted by molar-refractivity contribution is 5.72. The molecule has 0 saturated carbocycles. The minimum absolute atomic E-state index is 0.0258. The first-order valence-corrected chi connectivity index (χ1v) is 5.60. The van der Waals surface area contributed by atoms with Crippen LogP contribution in [0.5, 0.6) is 0 Å². The van der Waals surface area contributed by atoms with Gasteiger partial charge in [-0.2, -0.15) is 0 Å². The molecule has 0 rings (SSSR count). The van der Waals surface area contributed by atoms with Crippen LogP contribution in [0.4, 0.5) is 0 Å². The highest BCUT2D eigenvalue weighted by atomic mass is 16.6. The zero-order chi connectivity index (χ0) is 12.1. The Morgan fingerprint density at radius 2 is 1.80 bits per heavy atom. The van der Waals surface area contributed by atoms with E-state index in [0.29, 0.717) is 6.61 Å². The van der Waals surface area contributed by atoms with Gasteiger partial charge in [0.2, 0.25) is 0 Å². The summed E-state index contributed by atoms with van der Waals surface area (Å²) in [6, 6.07) is 0. The molecule has 3 heteroatoms. The number of carbonyl (C=O) groups is 1. The molecule has 0 amide bonds. The van der Waals surface area contributed by atoms with E-state index in [-0.39, 0.29) is 23.6 Å². The summed E-state index contributed by atoms with van der Waals surface area (Å²) < 4.78 is 10.8. The van der Waals surface area contributed by atoms with Gasteiger partial charge in [0.1, 0.15) is 6.10 Å². The third-order valence-electron chi connectivity index (χ3n) is 2.08. The van der Waals surface area contributed by atoms with E-state index in [1.54, 1.807) is 0 Å². The average molecular weight is 216 g/mol. The Morgan fingerprint density at radius 3 is 2.20 bits per heavy atom. The fourth-order valence-electron chi connectivity index (χ4n) is 0.882. The van der Waals surface area contributed by atoms with Gasteiger partial charge in [-0.15, -0.1) is 0 Å². The third kappa shape index (κ3) is 7.37. The van der Waals surface area contributed by atoms with E-state index >= 15 is 0 Å². The lowest BCUT2D eigenvalue weighted by Crippen LogP contribution is -2.29. The van der Waals surface area contributed by atoms with Gasteiger partial charge in [0, 0.05) is 0 Å². The van der Waals surface area contributed by atoms with Crippen LogP contribution in [0, 0.1) is 5.92 Å². The molecule has 2 atom stereocenters. The third-order valence-corrected chi connectivity index (χ3v) is 2.08. The summed E-state index contributed by atoms with van der Waals surface area (Å²) in [5.41, 5.74) is -0.183. The van der Waals surface area contributed by atoms with E-state index in [1.807, 2.05) is 41.5 Å². The molecule has 0 aromatic heterocycles. The molecule has 90 valence electrons. The molecule has 0 saturated heterocycles. The van der Waals surface area contributed by atoms with Gasteiger partial charge in [-0.1, -0.05) is 13.8 Å². The average Bonchev–Trinajstić information content (AvgIpc) is 2.12. The Labute approximate surface area is 93.1 Å². The van der Waals surface area contributed by atoms with Gasteiger partial charge in [-0.25, -0.2) is 0 Å². The van der Waals surface area contributed by atoms with Crippen LogP contribution >= 0.6 is 0 Å². The van der Waals surface area contributed by atoms with E-state index in [1.165, 1.54) is 0 Å². The molecule has 3 nitrogen and oxygen atoms in total. The summed E-state index contributed by atoms with van der Waals surface area (Å²) in [6.45, 7) is 12.1. The van der Waals surface area contributed by atoms with Gasteiger partial charge in [0.25, 0.3) is 0 Å². The predicted octanol–water partition coefficient (Wildman–Crippen LogP) is 2.78. The Kier molecular flexibility index (Phi) is 5.88. The normalized spacial score (nSPS) is 15.9. The smallest absolute Gasteiger partial charge is 0.308 e. The molecular weight excluding hydrogens is 192 g/mol. The number of esters is 1. The molecule has 0 heterocycles. The van der Waals surface area contributed by atoms with E-state index < -0.39 is 0 Å². The summed E-state index contributed by atoms with van der Waals surface area (Å²) in [6.07, 6.45) is 0.636. The van der Waals surface area contributed by atoms with Crippen molar-refractivity contribution < 1.29 is 14.3 Å². The maximum absolute atomic E-state index is 11.4. The van der Waals surface area contributed by atoms with Gasteiger partial charge in [-0.3, -0.25) is 4.79 Å². The Hall–Kier alpha value is -0.570. The summed E-state index contributed by atoms with van der Waals surface area (Å²) in [5, 5.41) is 0. The molecule has 0 bridgehead atoms. The number of hydrogen-bond donors (Lipinski definition) is 0. The molecule has 2 unspecified atom stereocenters. The lowest BCUT2D eigenvalue weighted by atomic mass is 10.1. The van der Waals surface area contributed by atoms with E-state index in [2.05, 4.69) is 0 Å². The van der Waals surface area contributed by atoms with Crippen LogP contribution in [0.3, 0.4) is 0 Å². The van der Waals surface area contributed by atoms with Crippen molar-refractivity contribution in [2.75, 3.05) is 6.61 Å². The number of ether oxygens (including phenoxy) is 2. The first kappa shape index (κ1) is 14.4. The molecule has 0 aromatic carbocycles. The summed E-state index contributed by atoms with van der Waals surface area (Å²) >= 11 is 0. The van der Waals surface area contributed by atoms with Gasteiger partial charge in [0.15, 0.2) is 0 Å². The van der Waals surface area contributed by atoms with Gasteiger partial charge in [-0.05, 0) is 34.1 Å². The van der Waals surface area contributed by atoms with E-state index in [9.17, 15) is 4.79 Å². The van der Waals surface area contributed by atoms with Crippen molar-refractivity contribution in [3.05, 3.63) is 0 Å². The predicted molar refractivity (Wildman–Crippen MR) is 60.7 cm³/mol. The van der Waals surface area contributed by atoms with Crippen molar-refractivity contribution in [1.29, 1.82) is 0 Å². The molecule has 0 spiro atoms. The minimum Gasteiger partial charge on any atom is -0.460 e. The SMILES string of the molecule is CCC(C)C(=O)OC(C)COC(C)(C)C. The minimum atomic E-state index is -0.183. The molecule has 0 fully saturated rings. The van der Waals surface area contributed by atoms with Crippen LogP contribution in [-0.2, 0) is 14.3 Å². The molecule has 0 N–H and O–H groups in total. The Bertz CT molecular complexity index is 194. The maximum Gasteiger partial charge on any atom is 0.308 e. The second-order valence-electron chi connectivity index (χ2n) is 4.98. The fraction of sp³-hybridized carbons (Fsp3) is 0.917. The largest absolute Gasteiger partial charge is 0.460 e. The van der Waals surface area contributed by atoms with Crippen molar-refractivity contribution >= 4 is 5.97 Å². The summed E-state index contributed by atoms with van der Waals surface area (Å²) in [5.74, 6) is -0.162. The van der Waals surface area contributed by atoms with Crippen molar-refractivity contribution in [3.8, 4) is 0 Å². The van der Waals surface area contributed by atoms with Crippen LogP contribution < -0.4 is 0 Å². The fourth-order valence-corrected chi connectivity index (χ4v) is 0.882. The summed E-state index contributed by atoms with van der Waals surface area (Å²) in [4.78, 5) is 11.4. The van der Waals surface area contributed by atoms with Gasteiger partial charge < -0.3 is 9.47 Å². The zero-order valence-corrected chi connectivity index (χ0v) is 10.8. The molecule has 15 heavy (non-hydrogen) atoms. The number of carbonyl (C=O) groups excluding carboxylic acids is 1. The van der Waals surface area contributed by atoms with E-state index in [4.69, 9.17) is 9.47 Å². The first-order chi connectivity index (χ1) is 6.76. The van der Waals surface area contributed by atoms with Crippen LogP contribution in [0.25, 0.3) is 0 Å². The second kappa shape index (κ2) is 6.11. The van der Waals surface area contributed by atoms with Crippen LogP contribution in [-0.4, -0.2) is 24.3 Å². The van der Waals surface area contributed by atoms with Crippen molar-refractivity contribution in [2.45, 2.75) is 59.7 Å². The lowest BCUT2D eigenvalue weighted by Gasteiger charge is -2.23. The van der Waals surface area contributed by atoms with Gasteiger partial charge >= 0.3 is 5.97 Å². The quantitative estimate of drug-likeness (QED) is 0.663. The molecule has 0 aliphatic carbocycles. The number of hydrogen-bond acceptors (Lipinski definition) is 3.